The van der Waals surface area contributed by atoms with E-state index in [1.54, 1.807) is 14.1 Å². The van der Waals surface area contributed by atoms with Gasteiger partial charge in [-0.05, 0) is 44.5 Å². The summed E-state index contributed by atoms with van der Waals surface area (Å²) in [6, 6.07) is 5.99. The van der Waals surface area contributed by atoms with Crippen molar-refractivity contribution in [3.05, 3.63) is 23.8 Å². The van der Waals surface area contributed by atoms with Crippen LogP contribution in [0.1, 0.15) is 32.3 Å². The van der Waals surface area contributed by atoms with Gasteiger partial charge in [-0.3, -0.25) is 4.90 Å². The maximum Gasteiger partial charge on any atom is 0.414 e. The van der Waals surface area contributed by atoms with Crippen molar-refractivity contribution in [3.63, 3.8) is 0 Å². The third-order valence-corrected chi connectivity index (χ3v) is 4.06. The maximum absolute atomic E-state index is 11.9. The summed E-state index contributed by atoms with van der Waals surface area (Å²) in [5.74, 6) is 1.44. The molecule has 0 aliphatic carbocycles. The van der Waals surface area contributed by atoms with Gasteiger partial charge in [-0.15, -0.1) is 0 Å². The number of amides is 1. The lowest BCUT2D eigenvalue weighted by Crippen LogP contribution is -2.44. The summed E-state index contributed by atoms with van der Waals surface area (Å²) in [4.78, 5) is 15.8. The van der Waals surface area contributed by atoms with Crippen LogP contribution in [-0.2, 0) is 6.42 Å². The Balaban J connectivity index is 2.19. The first-order valence-electron chi connectivity index (χ1n) is 8.44. The molecule has 23 heavy (non-hydrogen) atoms. The van der Waals surface area contributed by atoms with Gasteiger partial charge in [-0.25, -0.2) is 4.79 Å². The Hall–Kier alpha value is -1.75. The van der Waals surface area contributed by atoms with Gasteiger partial charge in [-0.2, -0.15) is 0 Å². The van der Waals surface area contributed by atoms with E-state index in [1.807, 2.05) is 18.2 Å². The van der Waals surface area contributed by atoms with Crippen LogP contribution in [0.5, 0.6) is 11.5 Å². The average Bonchev–Trinajstić information content (AvgIpc) is 2.54. The Morgan fingerprint density at radius 2 is 1.96 bits per heavy atom. The van der Waals surface area contributed by atoms with Crippen molar-refractivity contribution in [1.82, 2.24) is 9.80 Å². The number of carbonyl (C=O) groups is 1. The number of ether oxygens (including phenoxy) is 2. The SMILES string of the molecule is CCCN(CCC)C1COc2cccc(OC(=O)N(C)C)c2C1. The Kier molecular flexibility index (Phi) is 6.28. The molecule has 0 aromatic heterocycles. The standard InChI is InChI=1S/C18H28N2O3/c1-5-10-20(11-6-2)14-12-15-16(22-13-14)8-7-9-17(15)23-18(21)19(3)4/h7-9,14H,5-6,10-13H2,1-4H3. The molecule has 1 atom stereocenters. The third-order valence-electron chi connectivity index (χ3n) is 4.06. The lowest BCUT2D eigenvalue weighted by Gasteiger charge is -2.35. The van der Waals surface area contributed by atoms with Crippen molar-refractivity contribution >= 4 is 6.09 Å². The lowest BCUT2D eigenvalue weighted by atomic mass is 10.00. The molecule has 0 radical (unpaired) electrons. The molecule has 5 heteroatoms. The number of nitrogens with zero attached hydrogens (tertiary/aromatic N) is 2. The maximum atomic E-state index is 11.9. The minimum atomic E-state index is -0.362. The van der Waals surface area contributed by atoms with Gasteiger partial charge < -0.3 is 14.4 Å². The Morgan fingerprint density at radius 3 is 2.57 bits per heavy atom. The van der Waals surface area contributed by atoms with Crippen molar-refractivity contribution in [2.75, 3.05) is 33.8 Å². The van der Waals surface area contributed by atoms with Crippen LogP contribution in [0.25, 0.3) is 0 Å². The van der Waals surface area contributed by atoms with Gasteiger partial charge in [0.15, 0.2) is 0 Å². The van der Waals surface area contributed by atoms with Crippen LogP contribution >= 0.6 is 0 Å². The highest BCUT2D eigenvalue weighted by molar-refractivity contribution is 5.71. The second kappa shape index (κ2) is 8.20. The molecular weight excluding hydrogens is 292 g/mol. The molecule has 128 valence electrons. The summed E-state index contributed by atoms with van der Waals surface area (Å²) in [6.07, 6.45) is 2.74. The third kappa shape index (κ3) is 4.38. The molecule has 1 aromatic rings. The summed E-state index contributed by atoms with van der Waals surface area (Å²) in [5.41, 5.74) is 0.996. The molecule has 2 rings (SSSR count). The summed E-state index contributed by atoms with van der Waals surface area (Å²) >= 11 is 0. The van der Waals surface area contributed by atoms with E-state index in [2.05, 4.69) is 18.7 Å². The van der Waals surface area contributed by atoms with E-state index >= 15 is 0 Å². The van der Waals surface area contributed by atoms with Gasteiger partial charge in [0.1, 0.15) is 18.1 Å². The van der Waals surface area contributed by atoms with E-state index in [1.165, 1.54) is 4.90 Å². The first kappa shape index (κ1) is 17.6. The average molecular weight is 320 g/mol. The van der Waals surface area contributed by atoms with E-state index in [9.17, 15) is 4.79 Å². The van der Waals surface area contributed by atoms with Crippen molar-refractivity contribution in [2.45, 2.75) is 39.2 Å². The zero-order valence-electron chi connectivity index (χ0n) is 14.7. The zero-order chi connectivity index (χ0) is 16.8. The first-order chi connectivity index (χ1) is 11.1. The largest absolute Gasteiger partial charge is 0.492 e. The fourth-order valence-corrected chi connectivity index (χ4v) is 2.93. The van der Waals surface area contributed by atoms with Crippen molar-refractivity contribution in [2.24, 2.45) is 0 Å². The van der Waals surface area contributed by atoms with Crippen molar-refractivity contribution in [1.29, 1.82) is 0 Å². The Labute approximate surface area is 139 Å². The Bertz CT molecular complexity index is 525. The van der Waals surface area contributed by atoms with Crippen LogP contribution in [0.15, 0.2) is 18.2 Å². The van der Waals surface area contributed by atoms with Crippen LogP contribution in [0, 0.1) is 0 Å². The number of fused-ring (bicyclic) bond motifs is 1. The fraction of sp³-hybridized carbons (Fsp3) is 0.611. The number of hydrogen-bond donors (Lipinski definition) is 0. The molecule has 1 unspecified atom stereocenters. The molecule has 1 aliphatic heterocycles. The van der Waals surface area contributed by atoms with Crippen molar-refractivity contribution in [3.8, 4) is 11.5 Å². The molecule has 1 amide bonds. The highest BCUT2D eigenvalue weighted by Gasteiger charge is 2.27. The van der Waals surface area contributed by atoms with Crippen LogP contribution in [0.4, 0.5) is 4.79 Å². The van der Waals surface area contributed by atoms with Crippen LogP contribution < -0.4 is 9.47 Å². The van der Waals surface area contributed by atoms with Crippen LogP contribution in [0.2, 0.25) is 0 Å². The minimum absolute atomic E-state index is 0.335. The van der Waals surface area contributed by atoms with E-state index in [4.69, 9.17) is 9.47 Å². The molecule has 0 saturated carbocycles. The minimum Gasteiger partial charge on any atom is -0.492 e. The van der Waals surface area contributed by atoms with E-state index < -0.39 is 0 Å². The molecule has 1 heterocycles. The quantitative estimate of drug-likeness (QED) is 0.807. The summed E-state index contributed by atoms with van der Waals surface area (Å²) < 4.78 is 11.5. The molecule has 0 saturated heterocycles. The predicted octanol–water partition coefficient (Wildman–Crippen LogP) is 3.17. The second-order valence-electron chi connectivity index (χ2n) is 6.20. The molecule has 1 aliphatic rings. The second-order valence-corrected chi connectivity index (χ2v) is 6.20. The van der Waals surface area contributed by atoms with Crippen LogP contribution in [0.3, 0.4) is 0 Å². The summed E-state index contributed by atoms with van der Waals surface area (Å²) in [6.45, 7) is 7.22. The van der Waals surface area contributed by atoms with E-state index in [0.29, 0.717) is 18.4 Å². The normalized spacial score (nSPS) is 16.7. The van der Waals surface area contributed by atoms with Gasteiger partial charge >= 0.3 is 6.09 Å². The van der Waals surface area contributed by atoms with Gasteiger partial charge in [0.05, 0.1) is 0 Å². The summed E-state index contributed by atoms with van der Waals surface area (Å²) in [5, 5.41) is 0. The van der Waals surface area contributed by atoms with Gasteiger partial charge in [0.2, 0.25) is 0 Å². The van der Waals surface area contributed by atoms with Gasteiger partial charge in [0.25, 0.3) is 0 Å². The number of rotatable bonds is 6. The smallest absolute Gasteiger partial charge is 0.414 e. The number of carbonyl (C=O) groups excluding carboxylic acids is 1. The number of benzene rings is 1. The molecule has 0 fully saturated rings. The van der Waals surface area contributed by atoms with Gasteiger partial charge in [-0.1, -0.05) is 19.9 Å². The van der Waals surface area contributed by atoms with Crippen LogP contribution in [-0.4, -0.2) is 55.7 Å². The predicted molar refractivity (Wildman–Crippen MR) is 91.3 cm³/mol. The monoisotopic (exact) mass is 320 g/mol. The highest BCUT2D eigenvalue weighted by Crippen LogP contribution is 2.34. The molecule has 5 nitrogen and oxygen atoms in total. The molecule has 0 spiro atoms. The fourth-order valence-electron chi connectivity index (χ4n) is 2.93. The molecule has 0 bridgehead atoms. The first-order valence-corrected chi connectivity index (χ1v) is 8.44. The summed E-state index contributed by atoms with van der Waals surface area (Å²) in [7, 11) is 3.36. The lowest BCUT2D eigenvalue weighted by molar-refractivity contribution is 0.117. The molecular formula is C18H28N2O3. The van der Waals surface area contributed by atoms with Gasteiger partial charge in [0, 0.05) is 25.7 Å². The zero-order valence-corrected chi connectivity index (χ0v) is 14.7. The topological polar surface area (TPSA) is 42.0 Å². The molecule has 1 aromatic carbocycles. The number of hydrogen-bond acceptors (Lipinski definition) is 4. The van der Waals surface area contributed by atoms with E-state index in [-0.39, 0.29) is 6.09 Å². The highest BCUT2D eigenvalue weighted by atomic mass is 16.6. The Morgan fingerprint density at radius 1 is 1.26 bits per heavy atom. The molecule has 0 N–H and O–H groups in total. The van der Waals surface area contributed by atoms with Crippen molar-refractivity contribution < 1.29 is 14.3 Å². The van der Waals surface area contributed by atoms with E-state index in [0.717, 1.165) is 43.7 Å².